The van der Waals surface area contributed by atoms with Gasteiger partial charge in [-0.2, -0.15) is 8.42 Å². The Hall–Kier alpha value is -1.67. The van der Waals surface area contributed by atoms with Crippen molar-refractivity contribution in [2.75, 3.05) is 0 Å². The molecule has 0 spiro atoms. The molecular formula is C19H12Cl4O5S. The van der Waals surface area contributed by atoms with E-state index >= 15 is 0 Å². The van der Waals surface area contributed by atoms with E-state index in [0.29, 0.717) is 0 Å². The zero-order chi connectivity index (χ0) is 21.6. The fourth-order valence-corrected chi connectivity index (χ4v) is 5.72. The van der Waals surface area contributed by atoms with Gasteiger partial charge in [-0.05, 0) is 30.3 Å². The summed E-state index contributed by atoms with van der Waals surface area (Å²) in [5.41, 5.74) is -0.647. The molecule has 0 saturated heterocycles. The summed E-state index contributed by atoms with van der Waals surface area (Å²) in [6, 6.07) is 11.5. The van der Waals surface area contributed by atoms with Gasteiger partial charge >= 0.3 is 0 Å². The van der Waals surface area contributed by atoms with Crippen molar-refractivity contribution in [2.24, 2.45) is 0 Å². The molecule has 3 rings (SSSR count). The lowest BCUT2D eigenvalue weighted by molar-refractivity contribution is 0.455. The second-order valence-corrected chi connectivity index (χ2v) is 9.25. The Morgan fingerprint density at radius 2 is 1.28 bits per heavy atom. The molecule has 0 aliphatic rings. The number of benzene rings is 3. The van der Waals surface area contributed by atoms with Gasteiger partial charge in [-0.1, -0.05) is 64.6 Å². The van der Waals surface area contributed by atoms with E-state index in [4.69, 9.17) is 46.4 Å². The molecule has 5 nitrogen and oxygen atoms in total. The number of hydrogen-bond acceptors (Lipinski definition) is 4. The van der Waals surface area contributed by atoms with E-state index in [2.05, 4.69) is 0 Å². The van der Waals surface area contributed by atoms with E-state index in [9.17, 15) is 23.2 Å². The summed E-state index contributed by atoms with van der Waals surface area (Å²) in [6.45, 7) is 0. The first kappa shape index (κ1) is 22.0. The van der Waals surface area contributed by atoms with Crippen LogP contribution in [0, 0.1) is 0 Å². The van der Waals surface area contributed by atoms with E-state index in [1.54, 1.807) is 6.07 Å². The van der Waals surface area contributed by atoms with E-state index in [1.165, 1.54) is 30.3 Å². The highest BCUT2D eigenvalue weighted by molar-refractivity contribution is 7.87. The molecule has 0 radical (unpaired) electrons. The maximum Gasteiger partial charge on any atom is 0.283 e. The molecule has 29 heavy (non-hydrogen) atoms. The van der Waals surface area contributed by atoms with Crippen molar-refractivity contribution in [2.45, 2.75) is 4.75 Å². The first-order valence-corrected chi connectivity index (χ1v) is 10.8. The zero-order valence-electron chi connectivity index (χ0n) is 14.3. The van der Waals surface area contributed by atoms with Crippen molar-refractivity contribution in [3.63, 3.8) is 0 Å². The zero-order valence-corrected chi connectivity index (χ0v) is 18.1. The van der Waals surface area contributed by atoms with Gasteiger partial charge in [0, 0.05) is 32.8 Å². The largest absolute Gasteiger partial charge is 0.508 e. The van der Waals surface area contributed by atoms with Gasteiger partial charge in [0.05, 0.1) is 10.0 Å². The average molecular weight is 494 g/mol. The minimum absolute atomic E-state index is 0.0416. The Bertz CT molecular complexity index is 1210. The monoisotopic (exact) mass is 492 g/mol. The normalized spacial score (nSPS) is 13.8. The lowest BCUT2D eigenvalue weighted by atomic mass is 9.83. The highest BCUT2D eigenvalue weighted by atomic mass is 35.5. The van der Waals surface area contributed by atoms with Crippen molar-refractivity contribution >= 4 is 56.5 Å². The molecule has 1 atom stereocenters. The lowest BCUT2D eigenvalue weighted by Crippen LogP contribution is -2.39. The summed E-state index contributed by atoms with van der Waals surface area (Å²) >= 11 is 25.0. The molecule has 3 N–H and O–H groups in total. The molecule has 0 aliphatic carbocycles. The summed E-state index contributed by atoms with van der Waals surface area (Å²) in [7, 11) is -5.14. The summed E-state index contributed by atoms with van der Waals surface area (Å²) in [4.78, 5) is 0. The minimum Gasteiger partial charge on any atom is -0.508 e. The SMILES string of the molecule is O=S(=O)(O)C(c1ccccc1Cl)(c1cc(O)ccc1Cl)c1cc(O)cc(Cl)c1Cl. The molecule has 0 aliphatic heterocycles. The predicted molar refractivity (Wildman–Crippen MR) is 114 cm³/mol. The second-order valence-electron chi connectivity index (χ2n) is 6.09. The van der Waals surface area contributed by atoms with Gasteiger partial charge in [0.1, 0.15) is 11.5 Å². The van der Waals surface area contributed by atoms with E-state index in [0.717, 1.165) is 18.2 Å². The Labute approximate surface area is 186 Å². The van der Waals surface area contributed by atoms with Crippen molar-refractivity contribution in [3.05, 3.63) is 91.4 Å². The van der Waals surface area contributed by atoms with E-state index in [-0.39, 0.29) is 42.5 Å². The van der Waals surface area contributed by atoms with Crippen molar-refractivity contribution < 1.29 is 23.2 Å². The van der Waals surface area contributed by atoms with Gasteiger partial charge in [0.15, 0.2) is 4.75 Å². The molecule has 0 heterocycles. The molecule has 0 bridgehead atoms. The first-order chi connectivity index (χ1) is 13.5. The van der Waals surface area contributed by atoms with Gasteiger partial charge in [0.2, 0.25) is 0 Å². The molecule has 0 fully saturated rings. The van der Waals surface area contributed by atoms with Crippen molar-refractivity contribution in [1.29, 1.82) is 0 Å². The van der Waals surface area contributed by atoms with Gasteiger partial charge in [-0.25, -0.2) is 0 Å². The standard InChI is InChI=1S/C19H12Cl4O5S/c20-15-4-2-1-3-12(15)19(29(26,27)28,13-7-10(24)5-6-16(13)21)14-8-11(25)9-17(22)18(14)23/h1-9,24-25H,(H,26,27,28). The third-order valence-electron chi connectivity index (χ3n) is 4.36. The maximum atomic E-state index is 13.0. The quantitative estimate of drug-likeness (QED) is 0.311. The summed E-state index contributed by atoms with van der Waals surface area (Å²) < 4.78 is 34.0. The summed E-state index contributed by atoms with van der Waals surface area (Å²) in [6.07, 6.45) is 0. The van der Waals surface area contributed by atoms with Crippen LogP contribution in [0.5, 0.6) is 11.5 Å². The molecule has 3 aromatic carbocycles. The number of hydrogen-bond donors (Lipinski definition) is 3. The van der Waals surface area contributed by atoms with Crippen molar-refractivity contribution in [3.8, 4) is 11.5 Å². The van der Waals surface area contributed by atoms with E-state index in [1.807, 2.05) is 0 Å². The number of rotatable bonds is 4. The fourth-order valence-electron chi connectivity index (χ4n) is 3.21. The van der Waals surface area contributed by atoms with Crippen LogP contribution in [0.15, 0.2) is 54.6 Å². The Morgan fingerprint density at radius 1 is 0.690 bits per heavy atom. The van der Waals surface area contributed by atoms with Crippen LogP contribution in [0.4, 0.5) is 0 Å². The van der Waals surface area contributed by atoms with Crippen LogP contribution in [-0.4, -0.2) is 23.2 Å². The molecule has 1 unspecified atom stereocenters. The van der Waals surface area contributed by atoms with Crippen LogP contribution in [0.3, 0.4) is 0 Å². The average Bonchev–Trinajstić information content (AvgIpc) is 2.62. The molecule has 0 saturated carbocycles. The number of phenolic OH excluding ortho intramolecular Hbond substituents is 2. The number of halogens is 4. The van der Waals surface area contributed by atoms with Gasteiger partial charge in [-0.3, -0.25) is 4.55 Å². The van der Waals surface area contributed by atoms with Gasteiger partial charge in [-0.15, -0.1) is 0 Å². The molecular weight excluding hydrogens is 482 g/mol. The van der Waals surface area contributed by atoms with Crippen LogP contribution >= 0.6 is 46.4 Å². The first-order valence-electron chi connectivity index (χ1n) is 7.89. The molecule has 0 aromatic heterocycles. The van der Waals surface area contributed by atoms with Gasteiger partial charge in [0.25, 0.3) is 10.1 Å². The number of aromatic hydroxyl groups is 2. The third-order valence-corrected chi connectivity index (χ3v) is 7.26. The third kappa shape index (κ3) is 3.65. The Morgan fingerprint density at radius 3 is 1.90 bits per heavy atom. The van der Waals surface area contributed by atoms with Crippen LogP contribution in [-0.2, 0) is 14.9 Å². The smallest absolute Gasteiger partial charge is 0.283 e. The molecule has 3 aromatic rings. The van der Waals surface area contributed by atoms with Crippen LogP contribution in [0.1, 0.15) is 16.7 Å². The molecule has 152 valence electrons. The predicted octanol–water partition coefficient (Wildman–Crippen LogP) is 5.89. The summed E-state index contributed by atoms with van der Waals surface area (Å²) in [5, 5.41) is 19.5. The highest BCUT2D eigenvalue weighted by Gasteiger charge is 2.52. The molecule has 0 amide bonds. The highest BCUT2D eigenvalue weighted by Crippen LogP contribution is 2.52. The van der Waals surface area contributed by atoms with Crippen LogP contribution in [0.2, 0.25) is 20.1 Å². The van der Waals surface area contributed by atoms with Crippen LogP contribution in [0.25, 0.3) is 0 Å². The molecule has 10 heteroatoms. The second kappa shape index (κ2) is 7.87. The van der Waals surface area contributed by atoms with Gasteiger partial charge < -0.3 is 10.2 Å². The topological polar surface area (TPSA) is 94.8 Å². The minimum atomic E-state index is -5.14. The maximum absolute atomic E-state index is 13.0. The van der Waals surface area contributed by atoms with Crippen LogP contribution < -0.4 is 0 Å². The fraction of sp³-hybridized carbons (Fsp3) is 0.0526. The van der Waals surface area contributed by atoms with Crippen molar-refractivity contribution in [1.82, 2.24) is 0 Å². The lowest BCUT2D eigenvalue weighted by Gasteiger charge is -2.34. The summed E-state index contributed by atoms with van der Waals surface area (Å²) in [5.74, 6) is -0.738. The Balaban J connectivity index is 2.68. The number of phenols is 2. The van der Waals surface area contributed by atoms with E-state index < -0.39 is 20.6 Å². The Kier molecular flexibility index (Phi) is 5.98.